The van der Waals surface area contributed by atoms with Crippen LogP contribution in [-0.4, -0.2) is 18.0 Å². The maximum Gasteiger partial charge on any atom is 0.111 e. The van der Waals surface area contributed by atoms with Crippen molar-refractivity contribution in [1.29, 1.82) is 0 Å². The number of hydrogen-bond donors (Lipinski definition) is 0. The van der Waals surface area contributed by atoms with Crippen LogP contribution in [0.1, 0.15) is 23.9 Å². The van der Waals surface area contributed by atoms with Crippen molar-refractivity contribution in [1.82, 2.24) is 4.90 Å². The van der Waals surface area contributed by atoms with E-state index in [1.54, 1.807) is 0 Å². The third-order valence-corrected chi connectivity index (χ3v) is 3.16. The summed E-state index contributed by atoms with van der Waals surface area (Å²) in [5.74, 6) is 0. The number of alkyl halides is 1. The fraction of sp³-hybridized carbons (Fsp3) is 0.417. The Kier molecular flexibility index (Phi) is 3.44. The molecular formula is C12H15ClN. The lowest BCUT2D eigenvalue weighted by Crippen LogP contribution is -2.31. The van der Waals surface area contributed by atoms with Crippen LogP contribution in [0.2, 0.25) is 0 Å². The van der Waals surface area contributed by atoms with E-state index in [1.807, 2.05) is 18.2 Å². The van der Waals surface area contributed by atoms with Gasteiger partial charge in [-0.25, -0.2) is 0 Å². The fourth-order valence-corrected chi connectivity index (χ4v) is 2.16. The van der Waals surface area contributed by atoms with Gasteiger partial charge in [0.25, 0.3) is 0 Å². The molecule has 1 unspecified atom stereocenters. The highest BCUT2D eigenvalue weighted by atomic mass is 35.5. The number of nitrogens with zero attached hydrogens (tertiary/aromatic N) is 1. The van der Waals surface area contributed by atoms with Crippen LogP contribution in [0, 0.1) is 6.42 Å². The predicted octanol–water partition coefficient (Wildman–Crippen LogP) is 3.22. The monoisotopic (exact) mass is 208 g/mol. The summed E-state index contributed by atoms with van der Waals surface area (Å²) < 4.78 is 0. The molecule has 0 spiro atoms. The van der Waals surface area contributed by atoms with Gasteiger partial charge >= 0.3 is 0 Å². The lowest BCUT2D eigenvalue weighted by Gasteiger charge is -2.30. The minimum Gasteiger partial charge on any atom is -0.284 e. The topological polar surface area (TPSA) is 3.24 Å². The van der Waals surface area contributed by atoms with Gasteiger partial charge in [0, 0.05) is 13.1 Å². The van der Waals surface area contributed by atoms with E-state index in [-0.39, 0.29) is 5.50 Å². The zero-order valence-electron chi connectivity index (χ0n) is 8.20. The summed E-state index contributed by atoms with van der Waals surface area (Å²) in [7, 11) is 0. The maximum atomic E-state index is 6.40. The zero-order valence-corrected chi connectivity index (χ0v) is 8.95. The van der Waals surface area contributed by atoms with Gasteiger partial charge in [-0.15, -0.1) is 11.6 Å². The Morgan fingerprint density at radius 3 is 2.36 bits per heavy atom. The van der Waals surface area contributed by atoms with E-state index >= 15 is 0 Å². The Morgan fingerprint density at radius 2 is 1.71 bits per heavy atom. The van der Waals surface area contributed by atoms with Crippen LogP contribution in [0.15, 0.2) is 30.3 Å². The van der Waals surface area contributed by atoms with Gasteiger partial charge in [-0.05, 0) is 24.8 Å². The van der Waals surface area contributed by atoms with E-state index in [1.165, 1.54) is 5.56 Å². The second-order valence-electron chi connectivity index (χ2n) is 3.65. The molecule has 0 saturated carbocycles. The zero-order chi connectivity index (χ0) is 9.80. The van der Waals surface area contributed by atoms with Crippen molar-refractivity contribution in [2.75, 3.05) is 13.1 Å². The molecular weight excluding hydrogens is 194 g/mol. The van der Waals surface area contributed by atoms with Crippen molar-refractivity contribution in [2.45, 2.75) is 18.3 Å². The normalized spacial score (nSPS) is 20.6. The molecule has 1 nitrogen and oxygen atoms in total. The summed E-state index contributed by atoms with van der Waals surface area (Å²) >= 11 is 6.40. The number of piperidine rings is 1. The maximum absolute atomic E-state index is 6.40. The van der Waals surface area contributed by atoms with Crippen molar-refractivity contribution in [2.24, 2.45) is 0 Å². The number of benzene rings is 1. The van der Waals surface area contributed by atoms with Gasteiger partial charge < -0.3 is 0 Å². The Bertz CT molecular complexity index is 267. The average Bonchev–Trinajstić information content (AvgIpc) is 2.30. The highest BCUT2D eigenvalue weighted by Crippen LogP contribution is 2.27. The Hall–Kier alpha value is -0.530. The van der Waals surface area contributed by atoms with Gasteiger partial charge in [0.05, 0.1) is 0 Å². The summed E-state index contributed by atoms with van der Waals surface area (Å²) in [5.41, 5.74) is 1.25. The van der Waals surface area contributed by atoms with Gasteiger partial charge in [-0.3, -0.25) is 4.90 Å². The number of halogens is 1. The van der Waals surface area contributed by atoms with E-state index in [9.17, 15) is 0 Å². The van der Waals surface area contributed by atoms with Gasteiger partial charge in [-0.1, -0.05) is 30.3 Å². The first kappa shape index (κ1) is 10.0. The minimum atomic E-state index is 0.0462. The van der Waals surface area contributed by atoms with Crippen LogP contribution in [0.5, 0.6) is 0 Å². The third kappa shape index (κ3) is 2.28. The molecule has 1 aliphatic heterocycles. The highest BCUT2D eigenvalue weighted by Gasteiger charge is 2.19. The van der Waals surface area contributed by atoms with Gasteiger partial charge in [0.15, 0.2) is 0 Å². The molecule has 0 amide bonds. The second-order valence-corrected chi connectivity index (χ2v) is 4.06. The van der Waals surface area contributed by atoms with Crippen molar-refractivity contribution in [3.05, 3.63) is 42.3 Å². The summed E-state index contributed by atoms with van der Waals surface area (Å²) in [6.45, 7) is 2.17. The molecule has 1 saturated heterocycles. The number of likely N-dealkylation sites (tertiary alicyclic amines) is 1. The summed E-state index contributed by atoms with van der Waals surface area (Å²) in [5, 5.41) is 0. The summed E-state index contributed by atoms with van der Waals surface area (Å²) in [6, 6.07) is 10.3. The Morgan fingerprint density at radius 1 is 1.07 bits per heavy atom. The van der Waals surface area contributed by atoms with Crippen molar-refractivity contribution >= 4 is 11.6 Å². The van der Waals surface area contributed by atoms with E-state index < -0.39 is 0 Å². The van der Waals surface area contributed by atoms with E-state index in [0.717, 1.165) is 25.9 Å². The molecule has 75 valence electrons. The Balaban J connectivity index is 2.03. The molecule has 1 aromatic carbocycles. The predicted molar refractivity (Wildman–Crippen MR) is 60.1 cm³/mol. The molecule has 1 radical (unpaired) electrons. The molecule has 14 heavy (non-hydrogen) atoms. The fourth-order valence-electron chi connectivity index (χ4n) is 1.82. The van der Waals surface area contributed by atoms with Crippen molar-refractivity contribution in [3.63, 3.8) is 0 Å². The molecule has 0 aromatic heterocycles. The first-order valence-corrected chi connectivity index (χ1v) is 5.56. The highest BCUT2D eigenvalue weighted by molar-refractivity contribution is 6.20. The van der Waals surface area contributed by atoms with E-state index in [0.29, 0.717) is 0 Å². The molecule has 2 heteroatoms. The van der Waals surface area contributed by atoms with Crippen LogP contribution >= 0.6 is 11.6 Å². The minimum absolute atomic E-state index is 0.0462. The largest absolute Gasteiger partial charge is 0.284 e. The summed E-state index contributed by atoms with van der Waals surface area (Å²) in [4.78, 5) is 2.33. The summed E-state index contributed by atoms with van der Waals surface area (Å²) in [6.07, 6.45) is 4.66. The lowest BCUT2D eigenvalue weighted by molar-refractivity contribution is 0.235. The van der Waals surface area contributed by atoms with E-state index in [4.69, 9.17) is 11.6 Å². The molecule has 0 bridgehead atoms. The SMILES string of the molecule is ClC(c1ccccc1)N1CC[CH]CC1. The molecule has 0 N–H and O–H groups in total. The Labute approximate surface area is 90.7 Å². The molecule has 1 aromatic rings. The molecule has 1 fully saturated rings. The molecule has 1 aliphatic rings. The molecule has 2 rings (SSSR count). The van der Waals surface area contributed by atoms with Crippen LogP contribution in [0.25, 0.3) is 0 Å². The van der Waals surface area contributed by atoms with Gasteiger partial charge in [-0.2, -0.15) is 0 Å². The smallest absolute Gasteiger partial charge is 0.111 e. The van der Waals surface area contributed by atoms with Gasteiger partial charge in [0.1, 0.15) is 5.50 Å². The van der Waals surface area contributed by atoms with Crippen LogP contribution < -0.4 is 0 Å². The first-order chi connectivity index (χ1) is 6.88. The second kappa shape index (κ2) is 4.81. The quantitative estimate of drug-likeness (QED) is 0.533. The van der Waals surface area contributed by atoms with Gasteiger partial charge in [0.2, 0.25) is 0 Å². The van der Waals surface area contributed by atoms with Crippen LogP contribution in [0.4, 0.5) is 0 Å². The first-order valence-electron chi connectivity index (χ1n) is 5.12. The molecule has 1 atom stereocenters. The van der Waals surface area contributed by atoms with Crippen LogP contribution in [-0.2, 0) is 0 Å². The third-order valence-electron chi connectivity index (χ3n) is 2.64. The number of hydrogen-bond acceptors (Lipinski definition) is 1. The standard InChI is InChI=1S/C12H15ClN/c13-12(11-7-3-1-4-8-11)14-9-5-2-6-10-14/h1-4,7-8,12H,5-6,9-10H2. The number of rotatable bonds is 2. The molecule has 0 aliphatic carbocycles. The van der Waals surface area contributed by atoms with Crippen molar-refractivity contribution in [3.8, 4) is 0 Å². The van der Waals surface area contributed by atoms with E-state index in [2.05, 4.69) is 23.5 Å². The lowest BCUT2D eigenvalue weighted by atomic mass is 10.1. The van der Waals surface area contributed by atoms with Crippen molar-refractivity contribution < 1.29 is 0 Å². The molecule has 1 heterocycles. The van der Waals surface area contributed by atoms with Crippen LogP contribution in [0.3, 0.4) is 0 Å². The average molecular weight is 209 g/mol.